The van der Waals surface area contributed by atoms with Gasteiger partial charge in [-0.3, -0.25) is 9.52 Å². The van der Waals surface area contributed by atoms with Gasteiger partial charge in [0.25, 0.3) is 15.9 Å². The summed E-state index contributed by atoms with van der Waals surface area (Å²) in [6.07, 6.45) is 0.690. The van der Waals surface area contributed by atoms with Crippen molar-refractivity contribution in [3.63, 3.8) is 0 Å². The Hall–Kier alpha value is -2.38. The van der Waals surface area contributed by atoms with E-state index in [0.29, 0.717) is 37.3 Å². The van der Waals surface area contributed by atoms with Gasteiger partial charge in [0.1, 0.15) is 0 Å². The number of sulfonamides is 1. The van der Waals surface area contributed by atoms with Crippen LogP contribution in [0.3, 0.4) is 0 Å². The second kappa shape index (κ2) is 9.71. The number of aryl methyl sites for hydroxylation is 3. The van der Waals surface area contributed by atoms with E-state index >= 15 is 0 Å². The van der Waals surface area contributed by atoms with Gasteiger partial charge >= 0.3 is 0 Å². The zero-order chi connectivity index (χ0) is 20.7. The van der Waals surface area contributed by atoms with Crippen LogP contribution in [0.25, 0.3) is 0 Å². The molecular formula is C21H28N2O4S. The van der Waals surface area contributed by atoms with Crippen LogP contribution < -0.4 is 10.0 Å². The second-order valence-electron chi connectivity index (χ2n) is 6.69. The standard InChI is InChI=1S/C21H28N2O4S/c1-5-27-12-8-11-22-21(24)18-9-6-7-10-19(18)23-28(25,26)20-16(3)13-15(2)14-17(20)4/h6-7,9-10,13-14,23H,5,8,11-12H2,1-4H3,(H,22,24). The maximum Gasteiger partial charge on any atom is 0.262 e. The van der Waals surface area contributed by atoms with Crippen molar-refractivity contribution in [1.29, 1.82) is 0 Å². The lowest BCUT2D eigenvalue weighted by molar-refractivity contribution is 0.0945. The highest BCUT2D eigenvalue weighted by atomic mass is 32.2. The quantitative estimate of drug-likeness (QED) is 0.626. The molecule has 152 valence electrons. The Morgan fingerprint density at radius 3 is 2.36 bits per heavy atom. The number of ether oxygens (including phenoxy) is 1. The molecule has 0 aromatic heterocycles. The molecule has 0 spiro atoms. The summed E-state index contributed by atoms with van der Waals surface area (Å²) in [5, 5.41) is 2.80. The lowest BCUT2D eigenvalue weighted by atomic mass is 10.1. The molecule has 0 aliphatic carbocycles. The summed E-state index contributed by atoms with van der Waals surface area (Å²) in [6, 6.07) is 10.3. The topological polar surface area (TPSA) is 84.5 Å². The van der Waals surface area contributed by atoms with Crippen LogP contribution in [-0.2, 0) is 14.8 Å². The van der Waals surface area contributed by atoms with Gasteiger partial charge in [-0.05, 0) is 57.4 Å². The zero-order valence-corrected chi connectivity index (χ0v) is 17.7. The van der Waals surface area contributed by atoms with Crippen molar-refractivity contribution >= 4 is 21.6 Å². The summed E-state index contributed by atoms with van der Waals surface area (Å²) in [4.78, 5) is 12.8. The van der Waals surface area contributed by atoms with Gasteiger partial charge in [0, 0.05) is 19.8 Å². The summed E-state index contributed by atoms with van der Waals surface area (Å²) >= 11 is 0. The SMILES string of the molecule is CCOCCCNC(=O)c1ccccc1NS(=O)(=O)c1c(C)cc(C)cc1C. The highest BCUT2D eigenvalue weighted by Crippen LogP contribution is 2.25. The van der Waals surface area contributed by atoms with E-state index in [1.807, 2.05) is 26.0 Å². The maximum absolute atomic E-state index is 13.0. The molecular weight excluding hydrogens is 376 g/mol. The van der Waals surface area contributed by atoms with Crippen LogP contribution in [0.5, 0.6) is 0 Å². The summed E-state index contributed by atoms with van der Waals surface area (Å²) in [5.41, 5.74) is 2.88. The Morgan fingerprint density at radius 2 is 1.71 bits per heavy atom. The minimum Gasteiger partial charge on any atom is -0.382 e. The van der Waals surface area contributed by atoms with Gasteiger partial charge in [0.15, 0.2) is 0 Å². The molecule has 1 amide bonds. The van der Waals surface area contributed by atoms with Crippen LogP contribution in [0, 0.1) is 20.8 Å². The molecule has 6 nitrogen and oxygen atoms in total. The molecule has 0 aliphatic heterocycles. The predicted molar refractivity (Wildman–Crippen MR) is 111 cm³/mol. The van der Waals surface area contributed by atoms with Gasteiger partial charge in [0.2, 0.25) is 0 Å². The van der Waals surface area contributed by atoms with E-state index in [4.69, 9.17) is 4.74 Å². The molecule has 0 radical (unpaired) electrons. The zero-order valence-electron chi connectivity index (χ0n) is 16.8. The lowest BCUT2D eigenvalue weighted by Crippen LogP contribution is -2.27. The number of anilines is 1. The first-order chi connectivity index (χ1) is 13.3. The monoisotopic (exact) mass is 404 g/mol. The van der Waals surface area contributed by atoms with Crippen LogP contribution >= 0.6 is 0 Å². The Kier molecular flexibility index (Phi) is 7.60. The molecule has 7 heteroatoms. The fourth-order valence-electron chi connectivity index (χ4n) is 3.17. The van der Waals surface area contributed by atoms with E-state index in [1.165, 1.54) is 0 Å². The number of rotatable bonds is 9. The van der Waals surface area contributed by atoms with Crippen molar-refractivity contribution in [3.05, 3.63) is 58.7 Å². The van der Waals surface area contributed by atoms with Crippen LogP contribution in [0.15, 0.2) is 41.3 Å². The first-order valence-corrected chi connectivity index (χ1v) is 10.8. The molecule has 28 heavy (non-hydrogen) atoms. The molecule has 2 aromatic carbocycles. The first kappa shape index (κ1) is 21.9. The largest absolute Gasteiger partial charge is 0.382 e. The number of carbonyl (C=O) groups excluding carboxylic acids is 1. The number of amides is 1. The molecule has 2 N–H and O–H groups in total. The number of hydrogen-bond donors (Lipinski definition) is 2. The first-order valence-electron chi connectivity index (χ1n) is 9.32. The number of para-hydroxylation sites is 1. The predicted octanol–water partition coefficient (Wildman–Crippen LogP) is 3.57. The number of carbonyl (C=O) groups is 1. The molecule has 0 aliphatic rings. The molecule has 0 fully saturated rings. The Bertz CT molecular complexity index is 916. The average molecular weight is 405 g/mol. The van der Waals surface area contributed by atoms with Crippen molar-refractivity contribution < 1.29 is 17.9 Å². The smallest absolute Gasteiger partial charge is 0.262 e. The summed E-state index contributed by atoms with van der Waals surface area (Å²) < 4.78 is 33.8. The fourth-order valence-corrected chi connectivity index (χ4v) is 4.71. The van der Waals surface area contributed by atoms with Gasteiger partial charge < -0.3 is 10.1 Å². The second-order valence-corrected chi connectivity index (χ2v) is 8.30. The number of hydrogen-bond acceptors (Lipinski definition) is 4. The Morgan fingerprint density at radius 1 is 1.07 bits per heavy atom. The normalized spacial score (nSPS) is 11.3. The van der Waals surface area contributed by atoms with E-state index in [-0.39, 0.29) is 22.1 Å². The van der Waals surface area contributed by atoms with Crippen LogP contribution in [0.1, 0.15) is 40.4 Å². The van der Waals surface area contributed by atoms with Crippen LogP contribution in [-0.4, -0.2) is 34.1 Å². The highest BCUT2D eigenvalue weighted by molar-refractivity contribution is 7.92. The summed E-state index contributed by atoms with van der Waals surface area (Å²) in [7, 11) is -3.83. The molecule has 0 unspecified atom stereocenters. The van der Waals surface area contributed by atoms with Crippen molar-refractivity contribution in [3.8, 4) is 0 Å². The molecule has 2 rings (SSSR count). The average Bonchev–Trinajstić information content (AvgIpc) is 2.60. The third-order valence-corrected chi connectivity index (χ3v) is 5.91. The van der Waals surface area contributed by atoms with E-state index in [1.54, 1.807) is 38.1 Å². The van der Waals surface area contributed by atoms with Gasteiger partial charge in [-0.25, -0.2) is 8.42 Å². The third kappa shape index (κ3) is 5.56. The number of benzene rings is 2. The van der Waals surface area contributed by atoms with Gasteiger partial charge in [-0.15, -0.1) is 0 Å². The maximum atomic E-state index is 13.0. The molecule has 0 saturated heterocycles. The van der Waals surface area contributed by atoms with Crippen LogP contribution in [0.4, 0.5) is 5.69 Å². The minimum atomic E-state index is -3.83. The molecule has 0 bridgehead atoms. The molecule has 0 heterocycles. The van der Waals surface area contributed by atoms with Gasteiger partial charge in [0.05, 0.1) is 16.1 Å². The van der Waals surface area contributed by atoms with Crippen LogP contribution in [0.2, 0.25) is 0 Å². The van der Waals surface area contributed by atoms with Gasteiger partial charge in [-0.2, -0.15) is 0 Å². The third-order valence-electron chi connectivity index (χ3n) is 4.24. The van der Waals surface area contributed by atoms with E-state index < -0.39 is 10.0 Å². The van der Waals surface area contributed by atoms with E-state index in [9.17, 15) is 13.2 Å². The van der Waals surface area contributed by atoms with Crippen molar-refractivity contribution in [1.82, 2.24) is 5.32 Å². The highest BCUT2D eigenvalue weighted by Gasteiger charge is 2.22. The number of nitrogens with one attached hydrogen (secondary N) is 2. The van der Waals surface area contributed by atoms with Gasteiger partial charge in [-0.1, -0.05) is 29.8 Å². The van der Waals surface area contributed by atoms with Crippen molar-refractivity contribution in [2.24, 2.45) is 0 Å². The van der Waals surface area contributed by atoms with E-state index in [2.05, 4.69) is 10.0 Å². The van der Waals surface area contributed by atoms with E-state index in [0.717, 1.165) is 5.56 Å². The minimum absolute atomic E-state index is 0.241. The van der Waals surface area contributed by atoms with Crippen molar-refractivity contribution in [2.75, 3.05) is 24.5 Å². The lowest BCUT2D eigenvalue weighted by Gasteiger charge is -2.16. The Balaban J connectivity index is 2.22. The molecule has 0 saturated carbocycles. The molecule has 2 aromatic rings. The fraction of sp³-hybridized carbons (Fsp3) is 0.381. The van der Waals surface area contributed by atoms with Crippen molar-refractivity contribution in [2.45, 2.75) is 39.0 Å². The Labute approximate surface area is 167 Å². The summed E-state index contributed by atoms with van der Waals surface area (Å²) in [6.45, 7) is 9.04. The summed E-state index contributed by atoms with van der Waals surface area (Å²) in [5.74, 6) is -0.327. The molecule has 0 atom stereocenters.